The molecule has 0 aromatic heterocycles. The number of primary amides is 1. The molecule has 0 radical (unpaired) electrons. The molecule has 15 nitrogen and oxygen atoms in total. The molecule has 1 aliphatic heterocycles. The van der Waals surface area contributed by atoms with E-state index in [0.29, 0.717) is 12.8 Å². The smallest absolute Gasteiger partial charge is 0.326 e. The van der Waals surface area contributed by atoms with Crippen molar-refractivity contribution in [2.24, 2.45) is 27.9 Å². The number of carboxylic acid groups (broad SMARTS) is 1. The number of carbonyl (C=O) groups excluding carboxylic acids is 4. The Kier molecular flexibility index (Phi) is 11.7. The summed E-state index contributed by atoms with van der Waals surface area (Å²) < 4.78 is 0. The molecule has 0 aromatic rings. The maximum atomic E-state index is 12.9. The number of rotatable bonds is 14. The quantitative estimate of drug-likeness (QED) is 0.0664. The minimum Gasteiger partial charge on any atom is -0.480 e. The minimum atomic E-state index is -1.40. The zero-order chi connectivity index (χ0) is 25.8. The Balaban J connectivity index is 2.95. The Bertz CT molecular complexity index is 787. The normalized spacial score (nSPS) is 17.8. The van der Waals surface area contributed by atoms with Crippen LogP contribution in [-0.2, 0) is 24.0 Å². The van der Waals surface area contributed by atoms with Crippen molar-refractivity contribution in [1.29, 1.82) is 0 Å². The average molecular weight is 487 g/mol. The van der Waals surface area contributed by atoms with E-state index in [4.69, 9.17) is 28.0 Å². The molecular formula is C19H34N8O7. The molecule has 4 amide bonds. The van der Waals surface area contributed by atoms with E-state index in [1.165, 1.54) is 4.90 Å². The van der Waals surface area contributed by atoms with Gasteiger partial charge in [0.05, 0.1) is 6.61 Å². The lowest BCUT2D eigenvalue weighted by atomic mass is 10.1. The number of nitrogens with zero attached hydrogens (tertiary/aromatic N) is 2. The van der Waals surface area contributed by atoms with Crippen LogP contribution in [0, 0.1) is 0 Å². The summed E-state index contributed by atoms with van der Waals surface area (Å²) in [5.74, 6) is -4.26. The Labute approximate surface area is 196 Å². The second-order valence-corrected chi connectivity index (χ2v) is 7.89. The van der Waals surface area contributed by atoms with Gasteiger partial charge >= 0.3 is 5.97 Å². The number of carboxylic acids is 1. The lowest BCUT2D eigenvalue weighted by Crippen LogP contribution is -2.57. The predicted molar refractivity (Wildman–Crippen MR) is 120 cm³/mol. The standard InChI is InChI=1S/C19H34N8O7/c20-10(9-28)17(32)27-8-2-4-13(27)16(31)25-11(3-1-7-24-19(22)23)15(30)26-12(18(33)34)5-6-14(21)29/h10-13,28H,1-9,20H2,(H2,21,29)(H,25,31)(H,26,30)(H,33,34)(H4,22,23,24). The highest BCUT2D eigenvalue weighted by Crippen LogP contribution is 2.19. The van der Waals surface area contributed by atoms with Crippen LogP contribution >= 0.6 is 0 Å². The van der Waals surface area contributed by atoms with Crippen LogP contribution in [0.2, 0.25) is 0 Å². The van der Waals surface area contributed by atoms with Gasteiger partial charge in [0.25, 0.3) is 0 Å². The van der Waals surface area contributed by atoms with Crippen LogP contribution in [0.1, 0.15) is 38.5 Å². The molecule has 1 heterocycles. The number of amides is 4. The molecule has 12 N–H and O–H groups in total. The van der Waals surface area contributed by atoms with Crippen LogP contribution in [-0.4, -0.2) is 94.5 Å². The van der Waals surface area contributed by atoms with Gasteiger partial charge in [-0.15, -0.1) is 0 Å². The van der Waals surface area contributed by atoms with E-state index in [9.17, 15) is 29.1 Å². The molecule has 192 valence electrons. The van der Waals surface area contributed by atoms with Crippen LogP contribution in [0.5, 0.6) is 0 Å². The summed E-state index contributed by atoms with van der Waals surface area (Å²) >= 11 is 0. The van der Waals surface area contributed by atoms with Gasteiger partial charge in [-0.2, -0.15) is 0 Å². The first kappa shape index (κ1) is 28.6. The Morgan fingerprint density at radius 3 is 2.29 bits per heavy atom. The van der Waals surface area contributed by atoms with Crippen LogP contribution in [0.15, 0.2) is 4.99 Å². The third kappa shape index (κ3) is 9.19. The largest absolute Gasteiger partial charge is 0.480 e. The highest BCUT2D eigenvalue weighted by Gasteiger charge is 2.37. The Hall–Kier alpha value is -3.46. The van der Waals surface area contributed by atoms with E-state index in [1.807, 2.05) is 0 Å². The molecule has 1 rings (SSSR count). The molecule has 0 spiro atoms. The van der Waals surface area contributed by atoms with Crippen LogP contribution < -0.4 is 33.6 Å². The number of aliphatic carboxylic acids is 1. The van der Waals surface area contributed by atoms with Gasteiger partial charge in [0.1, 0.15) is 24.2 Å². The fourth-order valence-electron chi connectivity index (χ4n) is 3.45. The second-order valence-electron chi connectivity index (χ2n) is 7.89. The topological polar surface area (TPSA) is 270 Å². The maximum Gasteiger partial charge on any atom is 0.326 e. The lowest BCUT2D eigenvalue weighted by molar-refractivity contribution is -0.143. The van der Waals surface area contributed by atoms with Crippen LogP contribution in [0.25, 0.3) is 0 Å². The first-order valence-corrected chi connectivity index (χ1v) is 10.8. The van der Waals surface area contributed by atoms with E-state index < -0.39 is 60.4 Å². The van der Waals surface area contributed by atoms with Gasteiger partial charge in [-0.3, -0.25) is 24.2 Å². The lowest BCUT2D eigenvalue weighted by Gasteiger charge is -2.28. The van der Waals surface area contributed by atoms with E-state index in [-0.39, 0.29) is 44.7 Å². The number of carbonyl (C=O) groups is 5. The molecule has 0 bridgehead atoms. The monoisotopic (exact) mass is 486 g/mol. The number of hydrogen-bond donors (Lipinski definition) is 8. The average Bonchev–Trinajstić information content (AvgIpc) is 3.26. The first-order chi connectivity index (χ1) is 16.0. The summed E-state index contributed by atoms with van der Waals surface area (Å²) in [6.45, 7) is -0.160. The van der Waals surface area contributed by atoms with E-state index in [1.54, 1.807) is 0 Å². The molecule has 4 unspecified atom stereocenters. The Morgan fingerprint density at radius 2 is 1.74 bits per heavy atom. The summed E-state index contributed by atoms with van der Waals surface area (Å²) in [6, 6.07) is -4.64. The summed E-state index contributed by atoms with van der Waals surface area (Å²) in [5.41, 5.74) is 21.2. The van der Waals surface area contributed by atoms with Crippen molar-refractivity contribution in [3.63, 3.8) is 0 Å². The first-order valence-electron chi connectivity index (χ1n) is 10.8. The number of nitrogens with two attached hydrogens (primary N) is 4. The van der Waals surface area contributed by atoms with E-state index in [0.717, 1.165) is 0 Å². The van der Waals surface area contributed by atoms with Crippen molar-refractivity contribution in [1.82, 2.24) is 15.5 Å². The van der Waals surface area contributed by atoms with Crippen molar-refractivity contribution in [3.05, 3.63) is 0 Å². The third-order valence-corrected chi connectivity index (χ3v) is 5.22. The maximum absolute atomic E-state index is 12.9. The number of guanidine groups is 1. The van der Waals surface area contributed by atoms with Gasteiger partial charge in [0.2, 0.25) is 23.6 Å². The highest BCUT2D eigenvalue weighted by molar-refractivity contribution is 5.94. The van der Waals surface area contributed by atoms with Crippen molar-refractivity contribution < 1.29 is 34.2 Å². The van der Waals surface area contributed by atoms with Gasteiger partial charge < -0.3 is 48.7 Å². The zero-order valence-electron chi connectivity index (χ0n) is 18.8. The van der Waals surface area contributed by atoms with E-state index in [2.05, 4.69) is 15.6 Å². The van der Waals surface area contributed by atoms with Crippen molar-refractivity contribution in [2.45, 2.75) is 62.7 Å². The predicted octanol–water partition coefficient (Wildman–Crippen LogP) is -4.33. The molecule has 0 saturated carbocycles. The SMILES string of the molecule is NC(=O)CCC(NC(=O)C(CCCN=C(N)N)NC(=O)C1CCCN1C(=O)C(N)CO)C(=O)O. The minimum absolute atomic E-state index is 0.0628. The molecule has 0 aliphatic carbocycles. The molecule has 1 aliphatic rings. The fraction of sp³-hybridized carbons (Fsp3) is 0.684. The number of aliphatic imine (C=N–C) groups is 1. The van der Waals surface area contributed by atoms with Crippen LogP contribution in [0.4, 0.5) is 0 Å². The number of hydrogen-bond acceptors (Lipinski definition) is 8. The molecule has 1 fully saturated rings. The molecule has 15 heteroatoms. The summed E-state index contributed by atoms with van der Waals surface area (Å²) in [5, 5.41) is 23.3. The molecule has 1 saturated heterocycles. The number of aliphatic hydroxyl groups excluding tert-OH is 1. The van der Waals surface area contributed by atoms with Gasteiger partial charge in [-0.25, -0.2) is 4.79 Å². The summed E-state index contributed by atoms with van der Waals surface area (Å²) in [4.78, 5) is 65.6. The highest BCUT2D eigenvalue weighted by atomic mass is 16.4. The molecule has 34 heavy (non-hydrogen) atoms. The molecule has 0 aromatic carbocycles. The summed E-state index contributed by atoms with van der Waals surface area (Å²) in [7, 11) is 0. The fourth-order valence-corrected chi connectivity index (χ4v) is 3.45. The molecule has 4 atom stereocenters. The van der Waals surface area contributed by atoms with Gasteiger partial charge in [-0.1, -0.05) is 0 Å². The van der Waals surface area contributed by atoms with Crippen LogP contribution in [0.3, 0.4) is 0 Å². The van der Waals surface area contributed by atoms with E-state index >= 15 is 0 Å². The van der Waals surface area contributed by atoms with Crippen molar-refractivity contribution in [2.75, 3.05) is 19.7 Å². The van der Waals surface area contributed by atoms with Crippen molar-refractivity contribution >= 4 is 35.6 Å². The summed E-state index contributed by atoms with van der Waals surface area (Å²) in [6.07, 6.45) is 0.704. The van der Waals surface area contributed by atoms with Gasteiger partial charge in [0, 0.05) is 19.5 Å². The molecular weight excluding hydrogens is 452 g/mol. The van der Waals surface area contributed by atoms with Gasteiger partial charge in [-0.05, 0) is 32.1 Å². The Morgan fingerprint density at radius 1 is 1.06 bits per heavy atom. The number of likely N-dealkylation sites (tertiary alicyclic amines) is 1. The number of nitrogens with one attached hydrogen (secondary N) is 2. The zero-order valence-corrected chi connectivity index (χ0v) is 18.8. The van der Waals surface area contributed by atoms with Gasteiger partial charge in [0.15, 0.2) is 5.96 Å². The third-order valence-electron chi connectivity index (χ3n) is 5.22. The number of aliphatic hydroxyl groups is 1. The van der Waals surface area contributed by atoms with Crippen molar-refractivity contribution in [3.8, 4) is 0 Å². The second kappa shape index (κ2) is 13.9.